The molecular formula is C24H31N9O2. The van der Waals surface area contributed by atoms with Gasteiger partial charge in [0, 0.05) is 38.1 Å². The summed E-state index contributed by atoms with van der Waals surface area (Å²) in [6, 6.07) is 3.78. The van der Waals surface area contributed by atoms with Gasteiger partial charge in [0.15, 0.2) is 17.0 Å². The number of carbonyl (C=O) groups excluding carboxylic acids is 1. The summed E-state index contributed by atoms with van der Waals surface area (Å²) in [5.74, 6) is 1.39. The van der Waals surface area contributed by atoms with Crippen molar-refractivity contribution in [2.75, 3.05) is 43.1 Å². The van der Waals surface area contributed by atoms with Gasteiger partial charge in [-0.25, -0.2) is 15.0 Å². The number of carbonyl (C=O) groups is 1. The number of hydrogen-bond acceptors (Lipinski definition) is 9. The first kappa shape index (κ1) is 22.2. The van der Waals surface area contributed by atoms with Crippen LogP contribution in [0.25, 0.3) is 11.2 Å². The van der Waals surface area contributed by atoms with Crippen LogP contribution in [0.3, 0.4) is 0 Å². The molecule has 184 valence electrons. The van der Waals surface area contributed by atoms with Crippen molar-refractivity contribution in [3.63, 3.8) is 0 Å². The van der Waals surface area contributed by atoms with Crippen molar-refractivity contribution in [2.45, 2.75) is 44.8 Å². The summed E-state index contributed by atoms with van der Waals surface area (Å²) in [5.41, 5.74) is 10.2. The molecule has 1 spiro atoms. The van der Waals surface area contributed by atoms with Crippen LogP contribution in [-0.2, 0) is 11.2 Å². The lowest BCUT2D eigenvalue weighted by atomic mass is 9.73. The van der Waals surface area contributed by atoms with Crippen molar-refractivity contribution in [2.24, 2.45) is 11.1 Å². The van der Waals surface area contributed by atoms with E-state index in [0.717, 1.165) is 80.5 Å². The lowest BCUT2D eigenvalue weighted by molar-refractivity contribution is 0.0957. The van der Waals surface area contributed by atoms with E-state index in [9.17, 15) is 4.79 Å². The van der Waals surface area contributed by atoms with Gasteiger partial charge in [-0.05, 0) is 44.7 Å². The Hall–Kier alpha value is -3.31. The Kier molecular flexibility index (Phi) is 5.33. The predicted octanol–water partition coefficient (Wildman–Crippen LogP) is 1.52. The molecule has 3 aliphatic heterocycles. The number of rotatable bonds is 3. The van der Waals surface area contributed by atoms with Crippen LogP contribution < -0.4 is 20.9 Å². The molecule has 0 aromatic carbocycles. The van der Waals surface area contributed by atoms with Gasteiger partial charge in [0.2, 0.25) is 0 Å². The Morgan fingerprint density at radius 3 is 2.83 bits per heavy atom. The van der Waals surface area contributed by atoms with Gasteiger partial charge in [0.05, 0.1) is 30.3 Å². The number of pyridine rings is 1. The molecule has 0 bridgehead atoms. The molecule has 0 radical (unpaired) electrons. The fraction of sp³-hybridized carbons (Fsp3) is 0.542. The fourth-order valence-corrected chi connectivity index (χ4v) is 5.70. The molecule has 2 fully saturated rings. The highest BCUT2D eigenvalue weighted by Crippen LogP contribution is 2.42. The Morgan fingerprint density at radius 2 is 2.09 bits per heavy atom. The minimum Gasteiger partial charge on any atom is -0.376 e. The SMILES string of the molecule is CNC(=O)c1ccc2c(n1)CCCN2c1n[nH]c2nc(N3CCC4(CC3)CO[C@@H](C)[C@H]4N)cnc12. The Labute approximate surface area is 203 Å². The molecule has 11 heteroatoms. The number of nitrogens with one attached hydrogen (secondary N) is 2. The minimum atomic E-state index is -0.186. The maximum Gasteiger partial charge on any atom is 0.269 e. The molecule has 4 N–H and O–H groups in total. The number of fused-ring (bicyclic) bond motifs is 2. The molecule has 3 aromatic rings. The van der Waals surface area contributed by atoms with Crippen LogP contribution in [0.4, 0.5) is 17.3 Å². The van der Waals surface area contributed by atoms with E-state index < -0.39 is 0 Å². The topological polar surface area (TPSA) is 138 Å². The van der Waals surface area contributed by atoms with Crippen LogP contribution in [-0.4, -0.2) is 76.5 Å². The molecule has 3 aliphatic rings. The van der Waals surface area contributed by atoms with Crippen LogP contribution >= 0.6 is 0 Å². The average molecular weight is 478 g/mol. The van der Waals surface area contributed by atoms with Crippen LogP contribution in [0.15, 0.2) is 18.3 Å². The Balaban J connectivity index is 1.24. The lowest BCUT2D eigenvalue weighted by Crippen LogP contribution is -2.50. The predicted molar refractivity (Wildman–Crippen MR) is 132 cm³/mol. The summed E-state index contributed by atoms with van der Waals surface area (Å²) < 4.78 is 5.85. The highest BCUT2D eigenvalue weighted by Gasteiger charge is 2.47. The van der Waals surface area contributed by atoms with E-state index in [1.54, 1.807) is 13.1 Å². The number of hydrogen-bond donors (Lipinski definition) is 3. The second kappa shape index (κ2) is 8.42. The van der Waals surface area contributed by atoms with Crippen LogP contribution in [0.5, 0.6) is 0 Å². The summed E-state index contributed by atoms with van der Waals surface area (Å²) >= 11 is 0. The molecule has 11 nitrogen and oxygen atoms in total. The molecule has 2 atom stereocenters. The van der Waals surface area contributed by atoms with Gasteiger partial charge in [-0.1, -0.05) is 0 Å². The summed E-state index contributed by atoms with van der Waals surface area (Å²) in [6.45, 7) is 5.37. The lowest BCUT2D eigenvalue weighted by Gasteiger charge is -2.41. The number of anilines is 3. The van der Waals surface area contributed by atoms with Gasteiger partial charge in [0.25, 0.3) is 5.91 Å². The van der Waals surface area contributed by atoms with E-state index in [0.29, 0.717) is 11.3 Å². The van der Waals surface area contributed by atoms with E-state index >= 15 is 0 Å². The van der Waals surface area contributed by atoms with Gasteiger partial charge in [-0.2, -0.15) is 5.10 Å². The molecule has 6 heterocycles. The first-order chi connectivity index (χ1) is 17.0. The van der Waals surface area contributed by atoms with Gasteiger partial charge in [0.1, 0.15) is 11.5 Å². The monoisotopic (exact) mass is 477 g/mol. The summed E-state index contributed by atoms with van der Waals surface area (Å²) in [7, 11) is 1.61. The van der Waals surface area contributed by atoms with Crippen molar-refractivity contribution in [1.82, 2.24) is 30.5 Å². The Bertz CT molecular complexity index is 1270. The molecule has 0 aliphatic carbocycles. The molecule has 6 rings (SSSR count). The number of ether oxygens (including phenoxy) is 1. The number of nitrogens with two attached hydrogens (primary N) is 1. The zero-order chi connectivity index (χ0) is 24.2. The maximum absolute atomic E-state index is 12.0. The van der Waals surface area contributed by atoms with Gasteiger partial charge >= 0.3 is 0 Å². The number of aromatic amines is 1. The number of piperidine rings is 1. The largest absolute Gasteiger partial charge is 0.376 e. The van der Waals surface area contributed by atoms with Crippen molar-refractivity contribution >= 4 is 34.4 Å². The highest BCUT2D eigenvalue weighted by atomic mass is 16.5. The van der Waals surface area contributed by atoms with Crippen molar-refractivity contribution in [1.29, 1.82) is 0 Å². The third-order valence-electron chi connectivity index (χ3n) is 7.92. The smallest absolute Gasteiger partial charge is 0.269 e. The van der Waals surface area contributed by atoms with Crippen LogP contribution in [0.1, 0.15) is 42.4 Å². The third kappa shape index (κ3) is 3.61. The maximum atomic E-state index is 12.0. The number of nitrogens with zero attached hydrogens (tertiary/aromatic N) is 6. The van der Waals surface area contributed by atoms with Crippen molar-refractivity contribution in [3.8, 4) is 0 Å². The molecule has 1 amide bonds. The second-order valence-electron chi connectivity index (χ2n) is 9.86. The molecule has 2 saturated heterocycles. The fourth-order valence-electron chi connectivity index (χ4n) is 5.70. The van der Waals surface area contributed by atoms with Crippen LogP contribution in [0.2, 0.25) is 0 Å². The number of H-pyrrole nitrogens is 1. The quantitative estimate of drug-likeness (QED) is 0.512. The number of aromatic nitrogens is 5. The summed E-state index contributed by atoms with van der Waals surface area (Å²) in [4.78, 5) is 30.6. The van der Waals surface area contributed by atoms with Crippen molar-refractivity contribution < 1.29 is 9.53 Å². The molecule has 35 heavy (non-hydrogen) atoms. The minimum absolute atomic E-state index is 0.0714. The average Bonchev–Trinajstić information content (AvgIpc) is 3.44. The zero-order valence-corrected chi connectivity index (χ0v) is 20.1. The summed E-state index contributed by atoms with van der Waals surface area (Å²) in [6.07, 6.45) is 5.66. The number of aryl methyl sites for hydroxylation is 1. The number of amides is 1. The standard InChI is InChI=1S/C24H31N9O2/c1-14-20(25)24(13-35-14)7-10-32(11-8-24)18-12-27-19-21(29-18)30-31-22(19)33-9-3-4-15-17(33)6-5-16(28-15)23(34)26-2/h5-6,12,14,20H,3-4,7-11,13,25H2,1-2H3,(H,26,34)(H,29,30,31)/t14-,20+/m0/s1. The van der Waals surface area contributed by atoms with Gasteiger partial charge in [-0.3, -0.25) is 9.89 Å². The second-order valence-corrected chi connectivity index (χ2v) is 9.86. The first-order valence-corrected chi connectivity index (χ1v) is 12.3. The molecule has 0 unspecified atom stereocenters. The third-order valence-corrected chi connectivity index (χ3v) is 7.92. The van der Waals surface area contributed by atoms with Gasteiger partial charge in [-0.15, -0.1) is 0 Å². The van der Waals surface area contributed by atoms with Crippen molar-refractivity contribution in [3.05, 3.63) is 29.7 Å². The Morgan fingerprint density at radius 1 is 1.26 bits per heavy atom. The first-order valence-electron chi connectivity index (χ1n) is 12.3. The van der Waals surface area contributed by atoms with E-state index in [4.69, 9.17) is 20.4 Å². The van der Waals surface area contributed by atoms with E-state index in [-0.39, 0.29) is 23.5 Å². The van der Waals surface area contributed by atoms with E-state index in [2.05, 4.69) is 37.2 Å². The normalized spacial score (nSPS) is 23.6. The zero-order valence-electron chi connectivity index (χ0n) is 20.1. The molecule has 0 saturated carbocycles. The highest BCUT2D eigenvalue weighted by molar-refractivity contribution is 5.93. The molecular weight excluding hydrogens is 446 g/mol. The molecule has 3 aromatic heterocycles. The van der Waals surface area contributed by atoms with Crippen LogP contribution in [0, 0.1) is 5.41 Å². The summed E-state index contributed by atoms with van der Waals surface area (Å²) in [5, 5.41) is 10.3. The van der Waals surface area contributed by atoms with E-state index in [1.165, 1.54) is 0 Å². The van der Waals surface area contributed by atoms with Gasteiger partial charge < -0.3 is 25.6 Å². The van der Waals surface area contributed by atoms with E-state index in [1.807, 2.05) is 12.3 Å².